The Morgan fingerprint density at radius 1 is 0.531 bits per heavy atom. The van der Waals surface area contributed by atoms with E-state index in [0.29, 0.717) is 0 Å². The molecule has 0 saturated heterocycles. The third-order valence-corrected chi connectivity index (χ3v) is 7.78. The molecule has 0 fully saturated rings. The number of fused-ring (bicyclic) bond motifs is 3. The first-order valence-electron chi connectivity index (χ1n) is 11.5. The van der Waals surface area contributed by atoms with Gasteiger partial charge in [-0.2, -0.15) is 0 Å². The smallest absolute Gasteiger partial charge is 0.0159 e. The molecule has 1 aliphatic carbocycles. The fraction of sp³-hybridized carbons (Fsp3) is 0.125. The first-order valence-corrected chi connectivity index (χ1v) is 11.5. The molecule has 1 aliphatic rings. The summed E-state index contributed by atoms with van der Waals surface area (Å²) in [4.78, 5) is 0. The Hall–Kier alpha value is -3.64. The lowest BCUT2D eigenvalue weighted by atomic mass is 9.81. The van der Waals surface area contributed by atoms with Crippen LogP contribution in [-0.4, -0.2) is 0 Å². The molecule has 0 heteroatoms. The molecular formula is C32H24. The molecule has 152 valence electrons. The summed E-state index contributed by atoms with van der Waals surface area (Å²) in [6, 6.07) is 34.2. The van der Waals surface area contributed by atoms with Crippen LogP contribution in [0.4, 0.5) is 0 Å². The summed E-state index contributed by atoms with van der Waals surface area (Å²) in [5.41, 5.74) is 9.60. The Morgan fingerprint density at radius 2 is 1.16 bits per heavy atom. The minimum atomic E-state index is 0.0167. The molecule has 0 N–H and O–H groups in total. The minimum Gasteiger partial charge on any atom is -0.0619 e. The van der Waals surface area contributed by atoms with Gasteiger partial charge in [-0.1, -0.05) is 98.8 Å². The lowest BCUT2D eigenvalue weighted by molar-refractivity contribution is 0.660. The highest BCUT2D eigenvalue weighted by atomic mass is 14.4. The van der Waals surface area contributed by atoms with Gasteiger partial charge in [0, 0.05) is 5.41 Å². The van der Waals surface area contributed by atoms with E-state index in [0.717, 1.165) is 0 Å². The van der Waals surface area contributed by atoms with E-state index in [1.54, 1.807) is 0 Å². The maximum Gasteiger partial charge on any atom is 0.0159 e. The van der Waals surface area contributed by atoms with Gasteiger partial charge in [0.25, 0.3) is 0 Å². The van der Waals surface area contributed by atoms with Crippen molar-refractivity contribution < 1.29 is 0 Å². The van der Waals surface area contributed by atoms with E-state index >= 15 is 0 Å². The van der Waals surface area contributed by atoms with Crippen molar-refractivity contribution in [3.8, 4) is 22.3 Å². The van der Waals surface area contributed by atoms with Gasteiger partial charge >= 0.3 is 0 Å². The highest BCUT2D eigenvalue weighted by Gasteiger charge is 2.35. The van der Waals surface area contributed by atoms with Crippen LogP contribution >= 0.6 is 0 Å². The molecule has 0 spiro atoms. The third kappa shape index (κ3) is 2.17. The first-order chi connectivity index (χ1) is 15.5. The van der Waals surface area contributed by atoms with Crippen LogP contribution in [0.2, 0.25) is 0 Å². The second kappa shape index (κ2) is 5.99. The van der Waals surface area contributed by atoms with Crippen LogP contribution in [0, 0.1) is 6.92 Å². The molecule has 32 heavy (non-hydrogen) atoms. The fourth-order valence-corrected chi connectivity index (χ4v) is 6.07. The van der Waals surface area contributed by atoms with Gasteiger partial charge in [-0.15, -0.1) is 0 Å². The molecule has 0 amide bonds. The van der Waals surface area contributed by atoms with E-state index in [-0.39, 0.29) is 5.41 Å². The van der Waals surface area contributed by atoms with Crippen molar-refractivity contribution in [3.63, 3.8) is 0 Å². The second-order valence-corrected chi connectivity index (χ2v) is 9.85. The zero-order valence-electron chi connectivity index (χ0n) is 18.7. The maximum atomic E-state index is 2.44. The fourth-order valence-electron chi connectivity index (χ4n) is 6.07. The van der Waals surface area contributed by atoms with E-state index in [1.807, 2.05) is 0 Å². The number of hydrogen-bond donors (Lipinski definition) is 0. The number of aryl methyl sites for hydroxylation is 1. The van der Waals surface area contributed by atoms with E-state index in [2.05, 4.69) is 112 Å². The van der Waals surface area contributed by atoms with Gasteiger partial charge in [0.15, 0.2) is 0 Å². The highest BCUT2D eigenvalue weighted by molar-refractivity contribution is 6.26. The number of hydrogen-bond acceptors (Lipinski definition) is 0. The maximum absolute atomic E-state index is 2.44. The molecule has 7 rings (SSSR count). The predicted octanol–water partition coefficient (Wildman–Crippen LogP) is 8.87. The minimum absolute atomic E-state index is 0.0167. The molecule has 6 aromatic carbocycles. The monoisotopic (exact) mass is 408 g/mol. The third-order valence-electron chi connectivity index (χ3n) is 7.78. The molecule has 0 saturated carbocycles. The Labute approximate surface area is 188 Å². The Balaban J connectivity index is 1.53. The lowest BCUT2D eigenvalue weighted by Crippen LogP contribution is -2.14. The van der Waals surface area contributed by atoms with Gasteiger partial charge in [-0.05, 0) is 84.3 Å². The molecule has 0 bridgehead atoms. The molecule has 0 radical (unpaired) electrons. The van der Waals surface area contributed by atoms with Crippen LogP contribution in [-0.2, 0) is 5.41 Å². The van der Waals surface area contributed by atoms with Crippen LogP contribution < -0.4 is 0 Å². The molecule has 6 aromatic rings. The summed E-state index contributed by atoms with van der Waals surface area (Å²) >= 11 is 0. The standard InChI is InChI=1S/C32H24/c1-19-8-9-20-12-17-27-24(15-11-21-10-14-23(19)30(20)31(21)27)22-13-16-26-25-6-4-5-7-28(25)32(2,3)29(26)18-22/h4-18H,1-3H3. The normalized spacial score (nSPS) is 14.3. The zero-order chi connectivity index (χ0) is 21.6. The molecule has 0 aromatic heterocycles. The van der Waals surface area contributed by atoms with Gasteiger partial charge in [0.05, 0.1) is 0 Å². The molecule has 0 nitrogen and oxygen atoms in total. The van der Waals surface area contributed by atoms with Gasteiger partial charge in [0.2, 0.25) is 0 Å². The molecule has 0 unspecified atom stereocenters. The van der Waals surface area contributed by atoms with Crippen molar-refractivity contribution in [2.24, 2.45) is 0 Å². The van der Waals surface area contributed by atoms with Crippen molar-refractivity contribution in [2.45, 2.75) is 26.2 Å². The van der Waals surface area contributed by atoms with Crippen LogP contribution in [0.25, 0.3) is 54.6 Å². The first kappa shape index (κ1) is 18.0. The zero-order valence-corrected chi connectivity index (χ0v) is 18.7. The predicted molar refractivity (Wildman–Crippen MR) is 138 cm³/mol. The average molecular weight is 409 g/mol. The van der Waals surface area contributed by atoms with Crippen LogP contribution in [0.15, 0.2) is 91.0 Å². The SMILES string of the molecule is Cc1ccc2ccc3c(-c4ccc5c(c4)C(C)(C)c4ccccc4-5)ccc4ccc1c2c43. The van der Waals surface area contributed by atoms with Crippen molar-refractivity contribution in [3.05, 3.63) is 108 Å². The lowest BCUT2D eigenvalue weighted by Gasteiger charge is -2.22. The van der Waals surface area contributed by atoms with Gasteiger partial charge in [-0.25, -0.2) is 0 Å². The summed E-state index contributed by atoms with van der Waals surface area (Å²) in [5, 5.41) is 8.15. The van der Waals surface area contributed by atoms with Crippen LogP contribution in [0.5, 0.6) is 0 Å². The van der Waals surface area contributed by atoms with Crippen LogP contribution in [0.1, 0.15) is 30.5 Å². The topological polar surface area (TPSA) is 0 Å². The Kier molecular flexibility index (Phi) is 3.36. The number of rotatable bonds is 1. The van der Waals surface area contributed by atoms with Gasteiger partial charge in [0.1, 0.15) is 0 Å². The molecule has 0 aliphatic heterocycles. The summed E-state index contributed by atoms with van der Waals surface area (Å²) in [6.07, 6.45) is 0. The summed E-state index contributed by atoms with van der Waals surface area (Å²) in [7, 11) is 0. The summed E-state index contributed by atoms with van der Waals surface area (Å²) < 4.78 is 0. The highest BCUT2D eigenvalue weighted by Crippen LogP contribution is 2.50. The molecular weight excluding hydrogens is 384 g/mol. The van der Waals surface area contributed by atoms with Gasteiger partial charge in [-0.3, -0.25) is 0 Å². The quantitative estimate of drug-likeness (QED) is 0.238. The van der Waals surface area contributed by atoms with Crippen molar-refractivity contribution in [1.29, 1.82) is 0 Å². The van der Waals surface area contributed by atoms with Crippen molar-refractivity contribution in [1.82, 2.24) is 0 Å². The average Bonchev–Trinajstić information content (AvgIpc) is 3.05. The Bertz CT molecular complexity index is 1700. The van der Waals surface area contributed by atoms with Crippen molar-refractivity contribution in [2.75, 3.05) is 0 Å². The largest absolute Gasteiger partial charge is 0.0619 e. The summed E-state index contributed by atoms with van der Waals surface area (Å²) in [6.45, 7) is 6.93. The van der Waals surface area contributed by atoms with Crippen LogP contribution in [0.3, 0.4) is 0 Å². The van der Waals surface area contributed by atoms with Crippen molar-refractivity contribution >= 4 is 32.3 Å². The van der Waals surface area contributed by atoms with E-state index in [1.165, 1.54) is 71.3 Å². The Morgan fingerprint density at radius 3 is 2.00 bits per heavy atom. The van der Waals surface area contributed by atoms with E-state index < -0.39 is 0 Å². The molecule has 0 atom stereocenters. The summed E-state index contributed by atoms with van der Waals surface area (Å²) in [5.74, 6) is 0. The number of benzene rings is 6. The van der Waals surface area contributed by atoms with E-state index in [9.17, 15) is 0 Å². The van der Waals surface area contributed by atoms with Gasteiger partial charge < -0.3 is 0 Å². The second-order valence-electron chi connectivity index (χ2n) is 9.85. The molecule has 0 heterocycles. The van der Waals surface area contributed by atoms with E-state index in [4.69, 9.17) is 0 Å².